The Kier molecular flexibility index (Phi) is 5.69. The van der Waals surface area contributed by atoms with Gasteiger partial charge in [-0.05, 0) is 37.6 Å². The molecule has 0 spiro atoms. The van der Waals surface area contributed by atoms with E-state index in [0.717, 1.165) is 40.1 Å². The van der Waals surface area contributed by atoms with Crippen molar-refractivity contribution >= 4 is 27.3 Å². The molecule has 0 aliphatic carbocycles. The predicted molar refractivity (Wildman–Crippen MR) is 85.8 cm³/mol. The highest BCUT2D eigenvalue weighted by atomic mass is 79.9. The van der Waals surface area contributed by atoms with Gasteiger partial charge in [0.1, 0.15) is 5.82 Å². The number of nitrogens with one attached hydrogen (secondary N) is 1. The van der Waals surface area contributed by atoms with Crippen LogP contribution >= 0.6 is 27.3 Å². The van der Waals surface area contributed by atoms with E-state index in [4.69, 9.17) is 0 Å². The number of thiazole rings is 1. The SMILES string of the molecule is CCNC(Cc1nc(C)cs1)Cc1ccc(F)cc1Br. The first-order chi connectivity index (χ1) is 9.58. The molecule has 0 saturated carbocycles. The van der Waals surface area contributed by atoms with Crippen molar-refractivity contribution in [1.29, 1.82) is 0 Å². The van der Waals surface area contributed by atoms with Crippen LogP contribution in [0.5, 0.6) is 0 Å². The Morgan fingerprint density at radius 3 is 2.80 bits per heavy atom. The van der Waals surface area contributed by atoms with Gasteiger partial charge < -0.3 is 5.32 Å². The number of aromatic nitrogens is 1. The number of rotatable bonds is 6. The van der Waals surface area contributed by atoms with Crippen molar-refractivity contribution in [3.05, 3.63) is 50.1 Å². The fourth-order valence-corrected chi connectivity index (χ4v) is 3.53. The Hall–Kier alpha value is -0.780. The molecule has 0 amide bonds. The molecule has 1 N–H and O–H groups in total. The first-order valence-electron chi connectivity index (χ1n) is 6.66. The van der Waals surface area contributed by atoms with Crippen LogP contribution < -0.4 is 5.32 Å². The van der Waals surface area contributed by atoms with E-state index < -0.39 is 0 Å². The molecule has 1 aromatic heterocycles. The van der Waals surface area contributed by atoms with Gasteiger partial charge in [-0.3, -0.25) is 0 Å². The topological polar surface area (TPSA) is 24.9 Å². The Morgan fingerprint density at radius 1 is 1.40 bits per heavy atom. The van der Waals surface area contributed by atoms with Gasteiger partial charge in [0.05, 0.1) is 5.01 Å². The van der Waals surface area contributed by atoms with E-state index in [1.54, 1.807) is 11.3 Å². The van der Waals surface area contributed by atoms with E-state index in [-0.39, 0.29) is 5.82 Å². The van der Waals surface area contributed by atoms with E-state index in [1.807, 2.05) is 13.0 Å². The molecule has 1 atom stereocenters. The Labute approximate surface area is 131 Å². The molecule has 20 heavy (non-hydrogen) atoms. The third-order valence-corrected chi connectivity index (χ3v) is 4.79. The zero-order valence-corrected chi connectivity index (χ0v) is 14.0. The molecular weight excluding hydrogens is 339 g/mol. The van der Waals surface area contributed by atoms with Crippen LogP contribution in [0.25, 0.3) is 0 Å². The second-order valence-corrected chi connectivity index (χ2v) is 6.58. The van der Waals surface area contributed by atoms with Gasteiger partial charge in [0.25, 0.3) is 0 Å². The Morgan fingerprint density at radius 2 is 2.20 bits per heavy atom. The molecule has 2 rings (SSSR count). The molecule has 108 valence electrons. The minimum Gasteiger partial charge on any atom is -0.314 e. The van der Waals surface area contributed by atoms with Crippen LogP contribution in [0.3, 0.4) is 0 Å². The van der Waals surface area contributed by atoms with Gasteiger partial charge in [0.2, 0.25) is 0 Å². The van der Waals surface area contributed by atoms with Crippen LogP contribution in [-0.4, -0.2) is 17.6 Å². The summed E-state index contributed by atoms with van der Waals surface area (Å²) < 4.78 is 14.0. The fourth-order valence-electron chi connectivity index (χ4n) is 2.17. The molecule has 1 aromatic carbocycles. The standard InChI is InChI=1S/C15H18BrFN2S/c1-3-18-13(8-15-19-10(2)9-20-15)6-11-4-5-12(17)7-14(11)16/h4-5,7,9,13,18H,3,6,8H2,1-2H3. The molecule has 0 radical (unpaired) electrons. The second kappa shape index (κ2) is 7.29. The summed E-state index contributed by atoms with van der Waals surface area (Å²) in [5.41, 5.74) is 2.19. The minimum atomic E-state index is -0.212. The van der Waals surface area contributed by atoms with Crippen molar-refractivity contribution in [3.63, 3.8) is 0 Å². The molecule has 1 heterocycles. The molecule has 0 aliphatic heterocycles. The highest BCUT2D eigenvalue weighted by molar-refractivity contribution is 9.10. The molecule has 0 aliphatic rings. The van der Waals surface area contributed by atoms with Crippen molar-refractivity contribution in [2.24, 2.45) is 0 Å². The Bertz CT molecular complexity index is 571. The van der Waals surface area contributed by atoms with Crippen LogP contribution in [0.4, 0.5) is 4.39 Å². The van der Waals surface area contributed by atoms with E-state index >= 15 is 0 Å². The summed E-state index contributed by atoms with van der Waals surface area (Å²) >= 11 is 5.13. The average Bonchev–Trinajstić information content (AvgIpc) is 2.78. The molecule has 0 fully saturated rings. The van der Waals surface area contributed by atoms with Crippen molar-refractivity contribution in [2.75, 3.05) is 6.54 Å². The van der Waals surface area contributed by atoms with Gasteiger partial charge in [-0.15, -0.1) is 11.3 Å². The number of hydrogen-bond acceptors (Lipinski definition) is 3. The Balaban J connectivity index is 2.08. The molecule has 2 aromatic rings. The van der Waals surface area contributed by atoms with Gasteiger partial charge >= 0.3 is 0 Å². The third-order valence-electron chi connectivity index (χ3n) is 3.06. The van der Waals surface area contributed by atoms with Crippen LogP contribution in [0.15, 0.2) is 28.1 Å². The van der Waals surface area contributed by atoms with E-state index in [2.05, 4.69) is 38.5 Å². The largest absolute Gasteiger partial charge is 0.314 e. The first kappa shape index (κ1) is 15.6. The zero-order chi connectivity index (χ0) is 14.5. The van der Waals surface area contributed by atoms with Crippen molar-refractivity contribution in [1.82, 2.24) is 10.3 Å². The summed E-state index contributed by atoms with van der Waals surface area (Å²) in [6.45, 7) is 5.02. The summed E-state index contributed by atoms with van der Waals surface area (Å²) in [4.78, 5) is 4.52. The average molecular weight is 357 g/mol. The monoisotopic (exact) mass is 356 g/mol. The van der Waals surface area contributed by atoms with Gasteiger partial charge in [0.15, 0.2) is 0 Å². The lowest BCUT2D eigenvalue weighted by atomic mass is 10.0. The number of likely N-dealkylation sites (N-methyl/N-ethyl adjacent to an activating group) is 1. The minimum absolute atomic E-state index is 0.212. The number of halogens is 2. The summed E-state index contributed by atoms with van der Waals surface area (Å²) in [5.74, 6) is -0.212. The number of benzene rings is 1. The van der Waals surface area contributed by atoms with Gasteiger partial charge in [0, 0.05) is 28.0 Å². The van der Waals surface area contributed by atoms with Crippen LogP contribution in [0, 0.1) is 12.7 Å². The summed E-state index contributed by atoms with van der Waals surface area (Å²) in [6.07, 6.45) is 1.75. The van der Waals surface area contributed by atoms with E-state index in [1.165, 1.54) is 12.1 Å². The maximum absolute atomic E-state index is 13.1. The van der Waals surface area contributed by atoms with Gasteiger partial charge in [-0.25, -0.2) is 9.37 Å². The maximum atomic E-state index is 13.1. The normalized spacial score (nSPS) is 12.6. The fraction of sp³-hybridized carbons (Fsp3) is 0.400. The first-order valence-corrected chi connectivity index (χ1v) is 8.34. The van der Waals surface area contributed by atoms with Gasteiger partial charge in [-0.1, -0.05) is 28.9 Å². The van der Waals surface area contributed by atoms with E-state index in [9.17, 15) is 4.39 Å². The van der Waals surface area contributed by atoms with Crippen molar-refractivity contribution in [3.8, 4) is 0 Å². The van der Waals surface area contributed by atoms with Crippen LogP contribution in [0.1, 0.15) is 23.2 Å². The van der Waals surface area contributed by atoms with Crippen LogP contribution in [0.2, 0.25) is 0 Å². The maximum Gasteiger partial charge on any atom is 0.124 e. The number of hydrogen-bond donors (Lipinski definition) is 1. The highest BCUT2D eigenvalue weighted by Gasteiger charge is 2.13. The quantitative estimate of drug-likeness (QED) is 0.841. The molecule has 0 bridgehead atoms. The van der Waals surface area contributed by atoms with E-state index in [0.29, 0.717) is 6.04 Å². The van der Waals surface area contributed by atoms with Gasteiger partial charge in [-0.2, -0.15) is 0 Å². The predicted octanol–water partition coefficient (Wildman–Crippen LogP) is 4.12. The number of aryl methyl sites for hydroxylation is 1. The van der Waals surface area contributed by atoms with Crippen molar-refractivity contribution < 1.29 is 4.39 Å². The smallest absolute Gasteiger partial charge is 0.124 e. The molecule has 2 nitrogen and oxygen atoms in total. The molecule has 0 saturated heterocycles. The van der Waals surface area contributed by atoms with Crippen LogP contribution in [-0.2, 0) is 12.8 Å². The lowest BCUT2D eigenvalue weighted by molar-refractivity contribution is 0.519. The molecule has 5 heteroatoms. The molecule has 1 unspecified atom stereocenters. The highest BCUT2D eigenvalue weighted by Crippen LogP contribution is 2.21. The summed E-state index contributed by atoms with van der Waals surface area (Å²) in [5, 5.41) is 6.70. The second-order valence-electron chi connectivity index (χ2n) is 4.78. The third kappa shape index (κ3) is 4.36. The van der Waals surface area contributed by atoms with Crippen molar-refractivity contribution in [2.45, 2.75) is 32.7 Å². The summed E-state index contributed by atoms with van der Waals surface area (Å²) in [7, 11) is 0. The zero-order valence-electron chi connectivity index (χ0n) is 11.6. The summed E-state index contributed by atoms with van der Waals surface area (Å²) in [6, 6.07) is 5.19. The lowest BCUT2D eigenvalue weighted by Gasteiger charge is -2.17. The molecular formula is C15H18BrFN2S. The lowest BCUT2D eigenvalue weighted by Crippen LogP contribution is -2.33. The number of nitrogens with zero attached hydrogens (tertiary/aromatic N) is 1.